The fourth-order valence-electron chi connectivity index (χ4n) is 1.60. The van der Waals surface area contributed by atoms with Crippen LogP contribution in [0.15, 0.2) is 16.2 Å². The van der Waals surface area contributed by atoms with Crippen molar-refractivity contribution in [2.45, 2.75) is 39.2 Å². The van der Waals surface area contributed by atoms with E-state index in [0.29, 0.717) is 5.69 Å². The second kappa shape index (κ2) is 2.98. The number of fused-ring (bicyclic) bond motifs is 1. The normalized spacial score (nSPS) is 19.3. The second-order valence-corrected chi connectivity index (χ2v) is 4.80. The Hall–Kier alpha value is -1.52. The van der Waals surface area contributed by atoms with Crippen LogP contribution in [-0.4, -0.2) is 15.9 Å². The molecule has 2 heterocycles. The van der Waals surface area contributed by atoms with Gasteiger partial charge >= 0.3 is 11.3 Å². The first kappa shape index (κ1) is 10.0. The fourth-order valence-corrected chi connectivity index (χ4v) is 1.60. The minimum absolute atomic E-state index is 0.0116. The number of nitrogens with zero attached hydrogens (tertiary/aromatic N) is 4. The van der Waals surface area contributed by atoms with Gasteiger partial charge in [0.05, 0.1) is 16.9 Å². The van der Waals surface area contributed by atoms with E-state index < -0.39 is 0 Å². The average Bonchev–Trinajstić information content (AvgIpc) is 2.46. The Labute approximate surface area is 88.1 Å². The van der Waals surface area contributed by atoms with Gasteiger partial charge in [-0.3, -0.25) is 9.36 Å². The van der Waals surface area contributed by atoms with Gasteiger partial charge in [0.25, 0.3) is 0 Å². The lowest BCUT2D eigenvalue weighted by Crippen LogP contribution is -2.47. The molecule has 0 bridgehead atoms. The molecule has 15 heavy (non-hydrogen) atoms. The van der Waals surface area contributed by atoms with E-state index in [0.717, 1.165) is 0 Å². The molecule has 0 N–H and O–H groups in total. The van der Waals surface area contributed by atoms with E-state index in [2.05, 4.69) is 10.2 Å². The van der Waals surface area contributed by atoms with Gasteiger partial charge in [0.2, 0.25) is 0 Å². The smallest absolute Gasteiger partial charge is 0.283 e. The number of hydrogen-bond donors (Lipinski definition) is 0. The molecule has 0 saturated carbocycles. The molecule has 0 radical (unpaired) electrons. The van der Waals surface area contributed by atoms with Crippen LogP contribution in [-0.2, 0) is 5.54 Å². The van der Waals surface area contributed by atoms with Crippen LogP contribution in [0.1, 0.15) is 39.3 Å². The molecule has 1 aliphatic rings. The summed E-state index contributed by atoms with van der Waals surface area (Å²) in [6.07, 6.45) is 3.28. The lowest BCUT2D eigenvalue weighted by molar-refractivity contribution is -0.741. The molecule has 5 nitrogen and oxygen atoms in total. The maximum absolute atomic E-state index is 12.1. The van der Waals surface area contributed by atoms with Crippen molar-refractivity contribution in [1.82, 2.24) is 9.67 Å². The van der Waals surface area contributed by atoms with E-state index in [1.165, 1.54) is 4.79 Å². The molecule has 1 unspecified atom stereocenters. The Morgan fingerprint density at radius 2 is 2.13 bits per heavy atom. The van der Waals surface area contributed by atoms with E-state index in [9.17, 15) is 4.79 Å². The van der Waals surface area contributed by atoms with Crippen molar-refractivity contribution in [1.29, 1.82) is 0 Å². The van der Waals surface area contributed by atoms with Gasteiger partial charge in [0.1, 0.15) is 0 Å². The van der Waals surface area contributed by atoms with E-state index in [1.54, 1.807) is 17.1 Å². The van der Waals surface area contributed by atoms with Crippen LogP contribution in [0, 0.1) is 0 Å². The van der Waals surface area contributed by atoms with Crippen molar-refractivity contribution in [3.63, 3.8) is 0 Å². The zero-order chi connectivity index (χ0) is 11.2. The standard InChI is InChI=1S/C10H15N4O/c1-7-5-11-14-8(7)9(15)13(6-12-14)10(2,3)4/h5-7H,1-4H3/q+1. The summed E-state index contributed by atoms with van der Waals surface area (Å²) in [5.41, 5.74) is 0.372. The van der Waals surface area contributed by atoms with Crippen LogP contribution in [0.5, 0.6) is 0 Å². The molecule has 1 aromatic rings. The monoisotopic (exact) mass is 207 g/mol. The molecule has 1 aromatic heterocycles. The van der Waals surface area contributed by atoms with Crippen molar-refractivity contribution in [3.05, 3.63) is 22.4 Å². The summed E-state index contributed by atoms with van der Waals surface area (Å²) in [7, 11) is 0. The van der Waals surface area contributed by atoms with Gasteiger partial charge in [-0.1, -0.05) is 0 Å². The predicted molar refractivity (Wildman–Crippen MR) is 56.0 cm³/mol. The van der Waals surface area contributed by atoms with Crippen LogP contribution in [0.3, 0.4) is 0 Å². The predicted octanol–water partition coefficient (Wildman–Crippen LogP) is 0.237. The third-order valence-corrected chi connectivity index (χ3v) is 2.48. The Morgan fingerprint density at radius 3 is 2.73 bits per heavy atom. The van der Waals surface area contributed by atoms with Crippen LogP contribution in [0.25, 0.3) is 0 Å². The molecule has 5 heteroatoms. The summed E-state index contributed by atoms with van der Waals surface area (Å²) < 4.78 is 1.64. The van der Waals surface area contributed by atoms with Crippen LogP contribution in [0.2, 0.25) is 0 Å². The van der Waals surface area contributed by atoms with Crippen LogP contribution in [0.4, 0.5) is 0 Å². The van der Waals surface area contributed by atoms with Gasteiger partial charge in [-0.2, -0.15) is 0 Å². The molecule has 80 valence electrons. The quantitative estimate of drug-likeness (QED) is 0.572. The molecule has 0 aliphatic carbocycles. The minimum Gasteiger partial charge on any atom is -0.283 e. The van der Waals surface area contributed by atoms with Crippen molar-refractivity contribution in [2.24, 2.45) is 5.10 Å². The summed E-state index contributed by atoms with van der Waals surface area (Å²) in [5.74, 6) is 0.0415. The first-order valence-electron chi connectivity index (χ1n) is 5.00. The highest BCUT2D eigenvalue weighted by Crippen LogP contribution is 2.12. The molecule has 0 aromatic carbocycles. The van der Waals surface area contributed by atoms with E-state index in [1.807, 2.05) is 27.7 Å². The van der Waals surface area contributed by atoms with Gasteiger partial charge in [-0.15, -0.1) is 0 Å². The van der Waals surface area contributed by atoms with Gasteiger partial charge in [0, 0.05) is 15.7 Å². The maximum atomic E-state index is 12.1. The molecule has 1 aliphatic heterocycles. The second-order valence-electron chi connectivity index (χ2n) is 4.80. The molecule has 0 saturated heterocycles. The molecule has 0 fully saturated rings. The van der Waals surface area contributed by atoms with Gasteiger partial charge in [0.15, 0.2) is 6.33 Å². The minimum atomic E-state index is -0.248. The Kier molecular flexibility index (Phi) is 1.99. The van der Waals surface area contributed by atoms with Crippen molar-refractivity contribution < 1.29 is 4.79 Å². The van der Waals surface area contributed by atoms with Crippen molar-refractivity contribution in [3.8, 4) is 0 Å². The van der Waals surface area contributed by atoms with Crippen molar-refractivity contribution >= 4 is 6.21 Å². The summed E-state index contributed by atoms with van der Waals surface area (Å²) in [4.78, 5) is 13.6. The van der Waals surface area contributed by atoms with E-state index >= 15 is 0 Å². The summed E-state index contributed by atoms with van der Waals surface area (Å²) >= 11 is 0. The number of rotatable bonds is 0. The fraction of sp³-hybridized carbons (Fsp3) is 0.600. The Balaban J connectivity index is 2.67. The van der Waals surface area contributed by atoms with Crippen LogP contribution >= 0.6 is 0 Å². The molecule has 0 spiro atoms. The molecule has 2 rings (SSSR count). The topological polar surface area (TPSA) is 51.1 Å². The Morgan fingerprint density at radius 1 is 1.47 bits per heavy atom. The summed E-state index contributed by atoms with van der Waals surface area (Å²) in [6.45, 7) is 7.88. The molecular weight excluding hydrogens is 192 g/mol. The third kappa shape index (κ3) is 1.48. The lowest BCUT2D eigenvalue weighted by Gasteiger charge is -2.20. The largest absolute Gasteiger partial charge is 0.326 e. The highest BCUT2D eigenvalue weighted by Gasteiger charge is 2.33. The first-order chi connectivity index (χ1) is 6.91. The lowest BCUT2D eigenvalue weighted by atomic mass is 10.1. The molecule has 0 amide bonds. The van der Waals surface area contributed by atoms with Crippen LogP contribution < -0.4 is 10.4 Å². The van der Waals surface area contributed by atoms with Gasteiger partial charge in [-0.05, 0) is 27.7 Å². The molecule has 1 atom stereocenters. The zero-order valence-electron chi connectivity index (χ0n) is 9.43. The summed E-state index contributed by atoms with van der Waals surface area (Å²) in [5, 5.41) is 8.15. The highest BCUT2D eigenvalue weighted by atomic mass is 16.1. The van der Waals surface area contributed by atoms with Gasteiger partial charge < -0.3 is 0 Å². The van der Waals surface area contributed by atoms with E-state index in [-0.39, 0.29) is 17.0 Å². The number of aromatic nitrogens is 3. The Bertz CT molecular complexity index is 481. The van der Waals surface area contributed by atoms with Gasteiger partial charge in [-0.25, -0.2) is 0 Å². The zero-order valence-corrected chi connectivity index (χ0v) is 9.43. The average molecular weight is 207 g/mol. The third-order valence-electron chi connectivity index (χ3n) is 2.48. The maximum Gasteiger partial charge on any atom is 0.326 e. The molecular formula is C10H15N4O+. The van der Waals surface area contributed by atoms with Crippen molar-refractivity contribution in [2.75, 3.05) is 0 Å². The highest BCUT2D eigenvalue weighted by molar-refractivity contribution is 5.66. The SMILES string of the molecule is CC1C=N[n+]2ncn(C(C)(C)C)c(=O)c21. The summed E-state index contributed by atoms with van der Waals surface area (Å²) in [6, 6.07) is 0. The number of hydrogen-bond acceptors (Lipinski definition) is 3. The first-order valence-corrected chi connectivity index (χ1v) is 5.00. The van der Waals surface area contributed by atoms with E-state index in [4.69, 9.17) is 0 Å².